The first-order valence-corrected chi connectivity index (χ1v) is 9.63. The largest absolute Gasteiger partial charge is 0.388 e. The lowest BCUT2D eigenvalue weighted by molar-refractivity contribution is -0.126. The first-order chi connectivity index (χ1) is 11.6. The number of aliphatic hydroxyl groups is 1. The molecule has 0 radical (unpaired) electrons. The van der Waals surface area contributed by atoms with Crippen LogP contribution in [0, 0.1) is 0 Å². The average Bonchev–Trinajstić information content (AvgIpc) is 3.28. The number of nitrogens with one attached hydrogen (secondary N) is 1. The van der Waals surface area contributed by atoms with E-state index in [2.05, 4.69) is 5.32 Å². The van der Waals surface area contributed by atoms with Gasteiger partial charge in [0.15, 0.2) is 0 Å². The van der Waals surface area contributed by atoms with E-state index in [0.29, 0.717) is 18.0 Å². The predicted molar refractivity (Wildman–Crippen MR) is 98.5 cm³/mol. The number of halogens is 1. The molecule has 1 amide bonds. The molecule has 1 aromatic carbocycles. The normalized spacial score (nSPS) is 17.6. The van der Waals surface area contributed by atoms with Gasteiger partial charge in [0.2, 0.25) is 5.91 Å². The van der Waals surface area contributed by atoms with Crippen molar-refractivity contribution in [3.05, 3.63) is 57.2 Å². The molecule has 2 N–H and O–H groups in total. The Balaban J connectivity index is 1.64. The van der Waals surface area contributed by atoms with Crippen molar-refractivity contribution >= 4 is 28.8 Å². The van der Waals surface area contributed by atoms with E-state index in [4.69, 9.17) is 11.6 Å². The fraction of sp³-hybridized carbons (Fsp3) is 0.421. The summed E-state index contributed by atoms with van der Waals surface area (Å²) in [6.45, 7) is 0.479. The molecule has 0 spiro atoms. The van der Waals surface area contributed by atoms with Crippen LogP contribution in [-0.4, -0.2) is 17.6 Å². The molecule has 24 heavy (non-hydrogen) atoms. The second-order valence-electron chi connectivity index (χ2n) is 6.37. The second-order valence-corrected chi connectivity index (χ2v) is 7.79. The molecule has 1 aromatic heterocycles. The number of aliphatic hydroxyl groups excluding tert-OH is 1. The first kappa shape index (κ1) is 17.5. The standard InChI is InChI=1S/C19H22ClNO2S/c20-15-7-5-14(6-8-15)19(10-1-2-11-19)18(23)21-12-9-16(22)17-4-3-13-24-17/h3-8,13,16,22H,1-2,9-12H2,(H,21,23)/t16-/m1/s1. The lowest BCUT2D eigenvalue weighted by atomic mass is 9.78. The number of benzene rings is 1. The minimum Gasteiger partial charge on any atom is -0.388 e. The minimum absolute atomic E-state index is 0.0701. The zero-order valence-corrected chi connectivity index (χ0v) is 15.1. The highest BCUT2D eigenvalue weighted by atomic mass is 35.5. The second kappa shape index (κ2) is 7.68. The summed E-state index contributed by atoms with van der Waals surface area (Å²) in [6.07, 6.45) is 3.88. The Hall–Kier alpha value is -1.36. The van der Waals surface area contributed by atoms with Crippen molar-refractivity contribution in [2.75, 3.05) is 6.54 Å². The van der Waals surface area contributed by atoms with Crippen LogP contribution in [0.5, 0.6) is 0 Å². The highest BCUT2D eigenvalue weighted by Gasteiger charge is 2.42. The monoisotopic (exact) mass is 363 g/mol. The van der Waals surface area contributed by atoms with Crippen LogP contribution in [0.15, 0.2) is 41.8 Å². The smallest absolute Gasteiger partial charge is 0.230 e. The van der Waals surface area contributed by atoms with Gasteiger partial charge in [-0.1, -0.05) is 42.6 Å². The van der Waals surface area contributed by atoms with Crippen molar-refractivity contribution in [3.63, 3.8) is 0 Å². The molecule has 1 heterocycles. The Kier molecular flexibility index (Phi) is 5.59. The summed E-state index contributed by atoms with van der Waals surface area (Å²) in [5.74, 6) is 0.0701. The third-order valence-electron chi connectivity index (χ3n) is 4.86. The molecule has 1 aliphatic rings. The summed E-state index contributed by atoms with van der Waals surface area (Å²) in [6, 6.07) is 11.5. The van der Waals surface area contributed by atoms with E-state index in [1.165, 1.54) is 11.3 Å². The van der Waals surface area contributed by atoms with E-state index in [1.54, 1.807) is 0 Å². The Morgan fingerprint density at radius 2 is 1.96 bits per heavy atom. The fourth-order valence-corrected chi connectivity index (χ4v) is 4.38. The van der Waals surface area contributed by atoms with E-state index in [0.717, 1.165) is 36.1 Å². The van der Waals surface area contributed by atoms with Gasteiger partial charge in [-0.15, -0.1) is 11.3 Å². The van der Waals surface area contributed by atoms with E-state index >= 15 is 0 Å². The number of amides is 1. The van der Waals surface area contributed by atoms with Crippen molar-refractivity contribution in [1.82, 2.24) is 5.32 Å². The Labute approximate surface area is 151 Å². The Morgan fingerprint density at radius 3 is 2.58 bits per heavy atom. The number of thiophene rings is 1. The van der Waals surface area contributed by atoms with Gasteiger partial charge < -0.3 is 10.4 Å². The summed E-state index contributed by atoms with van der Waals surface area (Å²) in [7, 11) is 0. The van der Waals surface area contributed by atoms with Crippen LogP contribution in [0.4, 0.5) is 0 Å². The number of rotatable bonds is 6. The highest BCUT2D eigenvalue weighted by molar-refractivity contribution is 7.10. The molecule has 0 bridgehead atoms. The van der Waals surface area contributed by atoms with Gasteiger partial charge in [-0.3, -0.25) is 4.79 Å². The molecule has 3 nitrogen and oxygen atoms in total. The molecule has 5 heteroatoms. The van der Waals surface area contributed by atoms with Gasteiger partial charge >= 0.3 is 0 Å². The first-order valence-electron chi connectivity index (χ1n) is 8.38. The number of carbonyl (C=O) groups excluding carboxylic acids is 1. The SMILES string of the molecule is O=C(NCC[C@@H](O)c1cccs1)C1(c2ccc(Cl)cc2)CCCC1. The van der Waals surface area contributed by atoms with Gasteiger partial charge in [-0.05, 0) is 48.4 Å². The molecular formula is C19H22ClNO2S. The molecule has 2 aromatic rings. The Bertz CT molecular complexity index is 663. The topological polar surface area (TPSA) is 49.3 Å². The van der Waals surface area contributed by atoms with E-state index in [1.807, 2.05) is 41.8 Å². The average molecular weight is 364 g/mol. The maximum atomic E-state index is 12.9. The molecule has 1 fully saturated rings. The van der Waals surface area contributed by atoms with Crippen molar-refractivity contribution in [1.29, 1.82) is 0 Å². The molecule has 1 atom stereocenters. The van der Waals surface area contributed by atoms with Gasteiger partial charge in [-0.25, -0.2) is 0 Å². The summed E-state index contributed by atoms with van der Waals surface area (Å²) in [5, 5.41) is 15.8. The molecule has 0 unspecified atom stereocenters. The van der Waals surface area contributed by atoms with Crippen LogP contribution in [0.1, 0.15) is 48.6 Å². The summed E-state index contributed by atoms with van der Waals surface area (Å²) in [5.41, 5.74) is 0.596. The van der Waals surface area contributed by atoms with E-state index < -0.39 is 11.5 Å². The van der Waals surface area contributed by atoms with Crippen molar-refractivity contribution in [2.45, 2.75) is 43.6 Å². The van der Waals surface area contributed by atoms with Crippen molar-refractivity contribution in [3.8, 4) is 0 Å². The maximum absolute atomic E-state index is 12.9. The van der Waals surface area contributed by atoms with Crippen molar-refractivity contribution in [2.24, 2.45) is 0 Å². The molecule has 128 valence electrons. The van der Waals surface area contributed by atoms with Crippen LogP contribution in [0.2, 0.25) is 5.02 Å². The third-order valence-corrected chi connectivity index (χ3v) is 6.09. The van der Waals surface area contributed by atoms with E-state index in [9.17, 15) is 9.90 Å². The summed E-state index contributed by atoms with van der Waals surface area (Å²) < 4.78 is 0. The lowest BCUT2D eigenvalue weighted by Gasteiger charge is -2.28. The maximum Gasteiger partial charge on any atom is 0.230 e. The molecule has 1 saturated carbocycles. The minimum atomic E-state index is -0.514. The lowest BCUT2D eigenvalue weighted by Crippen LogP contribution is -2.43. The summed E-state index contributed by atoms with van der Waals surface area (Å²) >= 11 is 7.52. The van der Waals surface area contributed by atoms with Crippen LogP contribution in [-0.2, 0) is 10.2 Å². The zero-order chi connectivity index (χ0) is 17.0. The third kappa shape index (κ3) is 3.66. The Morgan fingerprint density at radius 1 is 1.25 bits per heavy atom. The van der Waals surface area contributed by atoms with Gasteiger partial charge in [0.05, 0.1) is 11.5 Å². The van der Waals surface area contributed by atoms with Crippen LogP contribution < -0.4 is 5.32 Å². The van der Waals surface area contributed by atoms with Crippen LogP contribution >= 0.6 is 22.9 Å². The zero-order valence-electron chi connectivity index (χ0n) is 13.5. The molecule has 1 aliphatic carbocycles. The van der Waals surface area contributed by atoms with Gasteiger partial charge in [0.25, 0.3) is 0 Å². The van der Waals surface area contributed by atoms with Gasteiger partial charge in [0.1, 0.15) is 0 Å². The van der Waals surface area contributed by atoms with Gasteiger partial charge in [-0.2, -0.15) is 0 Å². The van der Waals surface area contributed by atoms with Gasteiger partial charge in [0, 0.05) is 16.4 Å². The number of carbonyl (C=O) groups is 1. The highest BCUT2D eigenvalue weighted by Crippen LogP contribution is 2.41. The molecule has 3 rings (SSSR count). The molecule has 0 saturated heterocycles. The predicted octanol–water partition coefficient (Wildman–Crippen LogP) is 4.45. The van der Waals surface area contributed by atoms with Crippen LogP contribution in [0.3, 0.4) is 0 Å². The molecule has 0 aliphatic heterocycles. The quantitative estimate of drug-likeness (QED) is 0.796. The van der Waals surface area contributed by atoms with Crippen molar-refractivity contribution < 1.29 is 9.90 Å². The number of hydrogen-bond donors (Lipinski definition) is 2. The summed E-state index contributed by atoms with van der Waals surface area (Å²) in [4.78, 5) is 13.8. The van der Waals surface area contributed by atoms with E-state index in [-0.39, 0.29) is 5.91 Å². The molecular weight excluding hydrogens is 342 g/mol. The number of hydrogen-bond acceptors (Lipinski definition) is 3. The fourth-order valence-electron chi connectivity index (χ4n) is 3.51. The van der Waals surface area contributed by atoms with Crippen LogP contribution in [0.25, 0.3) is 0 Å².